The van der Waals surface area contributed by atoms with Crippen molar-refractivity contribution >= 4 is 28.3 Å². The summed E-state index contributed by atoms with van der Waals surface area (Å²) >= 11 is 6.42. The topological polar surface area (TPSA) is 63.7 Å². The number of hydrogen-bond acceptors (Lipinski definition) is 4. The van der Waals surface area contributed by atoms with Crippen molar-refractivity contribution in [2.45, 2.75) is 38.8 Å². The zero-order valence-electron chi connectivity index (χ0n) is 18.2. The molecular weight excluding hydrogens is 432 g/mol. The van der Waals surface area contributed by atoms with E-state index < -0.39 is 0 Å². The number of rotatable bonds is 3. The molecule has 0 saturated heterocycles. The van der Waals surface area contributed by atoms with Gasteiger partial charge in [-0.3, -0.25) is 0 Å². The lowest BCUT2D eigenvalue weighted by Gasteiger charge is -2.14. The molecule has 2 aromatic carbocycles. The highest BCUT2D eigenvalue weighted by atomic mass is 35.5. The predicted molar refractivity (Wildman–Crippen MR) is 128 cm³/mol. The van der Waals surface area contributed by atoms with Gasteiger partial charge in [0.2, 0.25) is 0 Å². The van der Waals surface area contributed by atoms with Crippen LogP contribution in [0.25, 0.3) is 16.7 Å². The Morgan fingerprint density at radius 2 is 2.03 bits per heavy atom. The van der Waals surface area contributed by atoms with Crippen LogP contribution in [0.4, 0.5) is 0 Å². The third-order valence-corrected chi connectivity index (χ3v) is 6.72. The first kappa shape index (κ1) is 20.0. The quantitative estimate of drug-likeness (QED) is 0.345. The molecule has 0 N–H and O–H groups in total. The third kappa shape index (κ3) is 3.39. The van der Waals surface area contributed by atoms with Gasteiger partial charge < -0.3 is 9.30 Å². The molecule has 33 heavy (non-hydrogen) atoms. The van der Waals surface area contributed by atoms with E-state index in [0.29, 0.717) is 29.7 Å². The summed E-state index contributed by atoms with van der Waals surface area (Å²) in [6.45, 7) is 2.98. The summed E-state index contributed by atoms with van der Waals surface area (Å²) in [6.07, 6.45) is 4.04. The van der Waals surface area contributed by atoms with Crippen molar-refractivity contribution in [1.82, 2.24) is 14.5 Å². The van der Waals surface area contributed by atoms with E-state index in [9.17, 15) is 5.26 Å². The second kappa shape index (κ2) is 7.75. The highest BCUT2D eigenvalue weighted by Crippen LogP contribution is 2.42. The minimum Gasteiger partial charge on any atom is -0.488 e. The van der Waals surface area contributed by atoms with Gasteiger partial charge in [0.05, 0.1) is 17.6 Å². The van der Waals surface area contributed by atoms with Crippen LogP contribution < -0.4 is 4.74 Å². The first-order chi connectivity index (χ1) is 16.1. The van der Waals surface area contributed by atoms with Crippen molar-refractivity contribution in [3.05, 3.63) is 93.4 Å². The lowest BCUT2D eigenvalue weighted by atomic mass is 9.90. The van der Waals surface area contributed by atoms with Crippen molar-refractivity contribution in [2.24, 2.45) is 0 Å². The molecule has 5 nitrogen and oxygen atoms in total. The van der Waals surface area contributed by atoms with Gasteiger partial charge in [0.25, 0.3) is 0 Å². The Hall–Kier alpha value is -3.62. The monoisotopic (exact) mass is 452 g/mol. The van der Waals surface area contributed by atoms with E-state index in [2.05, 4.69) is 33.8 Å². The number of halogens is 1. The summed E-state index contributed by atoms with van der Waals surface area (Å²) in [5.74, 6) is 2.34. The SMILES string of the molecule is C/C(C#N)=C1\c2ccc(Cn3c(C4CC4)nc4c(Cl)ccnc43)cc2COc2ccccc21. The number of allylic oxidation sites excluding steroid dienone is 1. The largest absolute Gasteiger partial charge is 0.488 e. The molecule has 2 aromatic heterocycles. The molecule has 0 atom stereocenters. The second-order valence-corrected chi connectivity index (χ2v) is 9.09. The second-order valence-electron chi connectivity index (χ2n) is 8.68. The van der Waals surface area contributed by atoms with E-state index in [1.165, 1.54) is 0 Å². The van der Waals surface area contributed by atoms with E-state index >= 15 is 0 Å². The number of pyridine rings is 1. The molecule has 3 heterocycles. The van der Waals surface area contributed by atoms with Gasteiger partial charge in [-0.25, -0.2) is 9.97 Å². The number of nitrogens with zero attached hydrogens (tertiary/aromatic N) is 4. The van der Waals surface area contributed by atoms with Crippen LogP contribution in [0.5, 0.6) is 5.75 Å². The Balaban J connectivity index is 1.46. The van der Waals surface area contributed by atoms with Crippen molar-refractivity contribution in [1.29, 1.82) is 5.26 Å². The Morgan fingerprint density at radius 3 is 2.85 bits per heavy atom. The van der Waals surface area contributed by atoms with Crippen LogP contribution in [0.2, 0.25) is 5.02 Å². The fourth-order valence-electron chi connectivity index (χ4n) is 4.66. The van der Waals surface area contributed by atoms with E-state index in [4.69, 9.17) is 21.3 Å². The number of hydrogen-bond donors (Lipinski definition) is 0. The van der Waals surface area contributed by atoms with E-state index in [0.717, 1.165) is 63.4 Å². The lowest BCUT2D eigenvalue weighted by Crippen LogP contribution is -2.06. The van der Waals surface area contributed by atoms with Crippen molar-refractivity contribution in [3.8, 4) is 11.8 Å². The Labute approximate surface area is 196 Å². The van der Waals surface area contributed by atoms with Crippen molar-refractivity contribution in [3.63, 3.8) is 0 Å². The van der Waals surface area contributed by atoms with Crippen LogP contribution in [-0.4, -0.2) is 14.5 Å². The molecule has 0 amide bonds. The van der Waals surface area contributed by atoms with E-state index in [-0.39, 0.29) is 0 Å². The minimum absolute atomic E-state index is 0.451. The maximum absolute atomic E-state index is 9.69. The summed E-state index contributed by atoms with van der Waals surface area (Å²) in [6, 6.07) is 18.5. The summed E-state index contributed by atoms with van der Waals surface area (Å²) in [4.78, 5) is 9.44. The van der Waals surface area contributed by atoms with Gasteiger partial charge in [-0.05, 0) is 54.7 Å². The molecule has 2 aliphatic rings. The zero-order chi connectivity index (χ0) is 22.5. The Morgan fingerprint density at radius 1 is 1.18 bits per heavy atom. The molecule has 1 aliphatic heterocycles. The van der Waals surface area contributed by atoms with Gasteiger partial charge in [-0.2, -0.15) is 5.26 Å². The molecule has 1 fully saturated rings. The molecule has 0 bridgehead atoms. The van der Waals surface area contributed by atoms with Crippen LogP contribution in [0.3, 0.4) is 0 Å². The molecule has 0 spiro atoms. The highest BCUT2D eigenvalue weighted by Gasteiger charge is 2.30. The average molecular weight is 453 g/mol. The highest BCUT2D eigenvalue weighted by molar-refractivity contribution is 6.34. The van der Waals surface area contributed by atoms with E-state index in [1.807, 2.05) is 31.2 Å². The van der Waals surface area contributed by atoms with Crippen LogP contribution in [0.15, 0.2) is 60.3 Å². The van der Waals surface area contributed by atoms with Crippen LogP contribution in [0.1, 0.15) is 53.8 Å². The van der Waals surface area contributed by atoms with Gasteiger partial charge >= 0.3 is 0 Å². The molecule has 1 aliphatic carbocycles. The van der Waals surface area contributed by atoms with Gasteiger partial charge in [0, 0.05) is 28.8 Å². The Kier molecular flexibility index (Phi) is 4.70. The normalized spacial score (nSPS) is 16.4. The number of imidazole rings is 1. The zero-order valence-corrected chi connectivity index (χ0v) is 18.9. The van der Waals surface area contributed by atoms with Crippen LogP contribution >= 0.6 is 11.6 Å². The maximum Gasteiger partial charge on any atom is 0.161 e. The molecule has 0 radical (unpaired) electrons. The number of fused-ring (bicyclic) bond motifs is 3. The predicted octanol–water partition coefficient (Wildman–Crippen LogP) is 6.25. The third-order valence-electron chi connectivity index (χ3n) is 6.42. The molecule has 0 unspecified atom stereocenters. The fraction of sp³-hybridized carbons (Fsp3) is 0.222. The smallest absolute Gasteiger partial charge is 0.161 e. The molecule has 6 heteroatoms. The first-order valence-electron chi connectivity index (χ1n) is 11.1. The summed E-state index contributed by atoms with van der Waals surface area (Å²) in [5, 5.41) is 10.3. The number of nitriles is 1. The lowest BCUT2D eigenvalue weighted by molar-refractivity contribution is 0.307. The van der Waals surface area contributed by atoms with Gasteiger partial charge in [-0.1, -0.05) is 41.9 Å². The number of ether oxygens (including phenoxy) is 1. The molecule has 4 aromatic rings. The minimum atomic E-state index is 0.451. The van der Waals surface area contributed by atoms with Crippen molar-refractivity contribution < 1.29 is 4.74 Å². The summed E-state index contributed by atoms with van der Waals surface area (Å²) in [5.41, 5.74) is 7.41. The average Bonchev–Trinajstić information content (AvgIpc) is 3.63. The standard InChI is InChI=1S/C27H21ClN4O/c1-16(13-29)24-20-9-6-17(12-19(20)15-33-23-5-3-2-4-21(23)24)14-32-26(18-7-8-18)31-25-22(28)10-11-30-27(25)32/h2-6,9-12,18H,7-8,14-15H2,1H3/b24-16-. The van der Waals surface area contributed by atoms with Crippen LogP contribution in [-0.2, 0) is 13.2 Å². The van der Waals surface area contributed by atoms with Gasteiger partial charge in [-0.15, -0.1) is 0 Å². The number of para-hydroxylation sites is 1. The Bertz CT molecular complexity index is 1490. The first-order valence-corrected chi connectivity index (χ1v) is 11.5. The number of benzene rings is 2. The van der Waals surface area contributed by atoms with Crippen molar-refractivity contribution in [2.75, 3.05) is 0 Å². The fourth-order valence-corrected chi connectivity index (χ4v) is 4.85. The summed E-state index contributed by atoms with van der Waals surface area (Å²) in [7, 11) is 0. The molecule has 162 valence electrons. The van der Waals surface area contributed by atoms with Crippen LogP contribution in [0, 0.1) is 11.3 Å². The van der Waals surface area contributed by atoms with Gasteiger partial charge in [0.1, 0.15) is 23.7 Å². The molecule has 1 saturated carbocycles. The van der Waals surface area contributed by atoms with E-state index in [1.54, 1.807) is 12.3 Å². The molecular formula is C27H21ClN4O. The van der Waals surface area contributed by atoms with Gasteiger partial charge in [0.15, 0.2) is 5.65 Å². The summed E-state index contributed by atoms with van der Waals surface area (Å²) < 4.78 is 8.35. The number of aromatic nitrogens is 3. The molecule has 6 rings (SSSR count). The maximum atomic E-state index is 9.69.